The average molecular weight is 756 g/mol. The predicted molar refractivity (Wildman–Crippen MR) is 206 cm³/mol. The van der Waals surface area contributed by atoms with Crippen LogP contribution < -0.4 is 10.6 Å². The number of benzene rings is 1. The van der Waals surface area contributed by atoms with Gasteiger partial charge in [-0.3, -0.25) is 28.9 Å². The third kappa shape index (κ3) is 11.8. The van der Waals surface area contributed by atoms with Crippen LogP contribution in [0.25, 0.3) is 0 Å². The van der Waals surface area contributed by atoms with Crippen LogP contribution >= 0.6 is 11.3 Å². The molecular weight excluding hydrogens is 695 g/mol. The molecule has 0 saturated carbocycles. The molecule has 1 aromatic carbocycles. The first-order valence-corrected chi connectivity index (χ1v) is 19.8. The lowest BCUT2D eigenvalue weighted by Gasteiger charge is -2.38. The highest BCUT2D eigenvalue weighted by Crippen LogP contribution is 2.32. The van der Waals surface area contributed by atoms with Crippen molar-refractivity contribution in [1.82, 2.24) is 25.4 Å². The van der Waals surface area contributed by atoms with Gasteiger partial charge in [0.15, 0.2) is 6.10 Å². The van der Waals surface area contributed by atoms with Gasteiger partial charge >= 0.3 is 11.9 Å². The second-order valence-electron chi connectivity index (χ2n) is 15.0. The number of amides is 3. The Morgan fingerprint density at radius 2 is 1.72 bits per heavy atom. The summed E-state index contributed by atoms with van der Waals surface area (Å²) in [5.74, 6) is -2.21. The zero-order valence-electron chi connectivity index (χ0n) is 33.3. The summed E-state index contributed by atoms with van der Waals surface area (Å²) in [6, 6.07) is 8.22. The van der Waals surface area contributed by atoms with Gasteiger partial charge < -0.3 is 25.0 Å². The van der Waals surface area contributed by atoms with Crippen LogP contribution in [0.3, 0.4) is 0 Å². The Hall–Kier alpha value is -3.84. The van der Waals surface area contributed by atoms with Crippen LogP contribution in [0.4, 0.5) is 0 Å². The molecule has 7 atom stereocenters. The van der Waals surface area contributed by atoms with Crippen molar-refractivity contribution in [3.05, 3.63) is 52.0 Å². The number of rotatable bonds is 19. The zero-order chi connectivity index (χ0) is 39.5. The molecule has 53 heavy (non-hydrogen) atoms. The van der Waals surface area contributed by atoms with Gasteiger partial charge in [-0.1, -0.05) is 71.4 Å². The lowest BCUT2D eigenvalue weighted by Crippen LogP contribution is -2.60. The fraction of sp³-hybridized carbons (Fsp3) is 0.650. The second kappa shape index (κ2) is 20.0. The van der Waals surface area contributed by atoms with Crippen molar-refractivity contribution < 1.29 is 33.4 Å². The van der Waals surface area contributed by atoms with Crippen LogP contribution in [0.5, 0.6) is 0 Å². The Morgan fingerprint density at radius 1 is 1.04 bits per heavy atom. The number of nitrogens with zero attached hydrogens (tertiary/aromatic N) is 3. The summed E-state index contributed by atoms with van der Waals surface area (Å²) in [7, 11) is 3.67. The average Bonchev–Trinajstić information content (AvgIpc) is 3.75. The van der Waals surface area contributed by atoms with Gasteiger partial charge in [0.1, 0.15) is 16.7 Å². The number of hydrogen-bond acceptors (Lipinski definition) is 10. The summed E-state index contributed by atoms with van der Waals surface area (Å²) >= 11 is 1.21. The highest BCUT2D eigenvalue weighted by molar-refractivity contribution is 7.09. The maximum absolute atomic E-state index is 14.2. The lowest BCUT2D eigenvalue weighted by molar-refractivity contribution is -0.149. The molecule has 0 radical (unpaired) electrons. The molecule has 1 aliphatic heterocycles. The highest BCUT2D eigenvalue weighted by atomic mass is 32.1. The number of nitrogens with one attached hydrogen (secondary N) is 2. The van der Waals surface area contributed by atoms with Gasteiger partial charge in [0.05, 0.1) is 18.1 Å². The molecule has 13 heteroatoms. The van der Waals surface area contributed by atoms with Crippen LogP contribution in [0.15, 0.2) is 35.7 Å². The largest absolute Gasteiger partial charge is 0.466 e. The van der Waals surface area contributed by atoms with Gasteiger partial charge in [-0.15, -0.1) is 11.3 Å². The number of likely N-dealkylation sites (tertiary alicyclic amines) is 1. The number of hydrogen-bond donors (Lipinski definition) is 2. The van der Waals surface area contributed by atoms with Crippen LogP contribution in [0, 0.1) is 17.8 Å². The third-order valence-corrected chi connectivity index (χ3v) is 11.6. The first-order valence-electron chi connectivity index (χ1n) is 18.9. The van der Waals surface area contributed by atoms with E-state index >= 15 is 0 Å². The number of thiazole rings is 1. The number of likely N-dealkylation sites (N-methyl/N-ethyl adjacent to an activating group) is 2. The van der Waals surface area contributed by atoms with Gasteiger partial charge in [0.2, 0.25) is 11.8 Å². The van der Waals surface area contributed by atoms with Crippen molar-refractivity contribution in [3.63, 3.8) is 0 Å². The van der Waals surface area contributed by atoms with Crippen molar-refractivity contribution in [2.75, 3.05) is 27.2 Å². The van der Waals surface area contributed by atoms with E-state index in [9.17, 15) is 24.0 Å². The van der Waals surface area contributed by atoms with E-state index in [1.165, 1.54) is 18.3 Å². The molecule has 1 fully saturated rings. The third-order valence-electron chi connectivity index (χ3n) is 10.7. The second-order valence-corrected chi connectivity index (χ2v) is 15.9. The van der Waals surface area contributed by atoms with Gasteiger partial charge in [0.25, 0.3) is 5.91 Å². The smallest absolute Gasteiger partial charge is 0.308 e. The Bertz CT molecular complexity index is 1530. The van der Waals surface area contributed by atoms with Crippen molar-refractivity contribution in [2.24, 2.45) is 17.8 Å². The summed E-state index contributed by atoms with van der Waals surface area (Å²) in [5.41, 5.74) is 0.494. The molecule has 1 aromatic heterocycles. The number of carbonyl (C=O) groups excluding carboxylic acids is 5. The van der Waals surface area contributed by atoms with E-state index in [0.29, 0.717) is 24.3 Å². The molecule has 294 valence electrons. The van der Waals surface area contributed by atoms with Gasteiger partial charge in [0, 0.05) is 37.9 Å². The van der Waals surface area contributed by atoms with E-state index in [0.717, 1.165) is 24.9 Å². The molecular formula is C40H61N5O7S. The minimum absolute atomic E-state index is 0.0448. The van der Waals surface area contributed by atoms with E-state index in [1.807, 2.05) is 76.9 Å². The lowest BCUT2D eigenvalue weighted by atomic mass is 9.91. The molecule has 3 rings (SSSR count). The Labute approximate surface area is 319 Å². The maximum atomic E-state index is 14.2. The summed E-state index contributed by atoms with van der Waals surface area (Å²) in [4.78, 5) is 74.7. The van der Waals surface area contributed by atoms with Crippen LogP contribution in [-0.2, 0) is 35.1 Å². The van der Waals surface area contributed by atoms with Crippen molar-refractivity contribution >= 4 is 41.0 Å². The monoisotopic (exact) mass is 755 g/mol. The van der Waals surface area contributed by atoms with E-state index in [2.05, 4.69) is 15.6 Å². The molecule has 0 spiro atoms. The Balaban J connectivity index is 1.83. The fourth-order valence-corrected chi connectivity index (χ4v) is 7.78. The molecule has 1 aliphatic rings. The SMILES string of the molecule is CCOC(=O)[C@@H](C)C[C@H](Cc1ccccc1)NC(=O)c1csc([C@@H](C[C@H](C(C)C)N(C)C(=O)[C@@H](NC(=O)[C@@]2(C)CCCN2C)[C@@H](C)CC)OC(C)=O)n1. The minimum atomic E-state index is -0.826. The number of esters is 2. The topological polar surface area (TPSA) is 147 Å². The standard InChI is InChI=1S/C40H61N5O7S/c1-11-26(5)34(43-39(50)40(8)19-16-20-44(40)9)37(48)45(10)32(25(3)4)23-33(52-28(7)46)36-42-31(24-53-36)35(47)41-30(21-27(6)38(49)51-12-2)22-29-17-14-13-15-18-29/h13-15,17-18,24-27,30,32-34H,11-12,16,19-23H2,1-10H3,(H,41,47)(H,43,50)/t26-,27-,30+,32+,33+,34-,40+/m0/s1. The molecule has 3 amide bonds. The van der Waals surface area contributed by atoms with Crippen molar-refractivity contribution in [2.45, 2.75) is 124 Å². The van der Waals surface area contributed by atoms with Gasteiger partial charge in [-0.25, -0.2) is 4.98 Å². The molecule has 0 bridgehead atoms. The van der Waals surface area contributed by atoms with E-state index < -0.39 is 35.5 Å². The van der Waals surface area contributed by atoms with E-state index in [4.69, 9.17) is 9.47 Å². The maximum Gasteiger partial charge on any atom is 0.308 e. The molecule has 12 nitrogen and oxygen atoms in total. The van der Waals surface area contributed by atoms with Crippen molar-refractivity contribution in [1.29, 1.82) is 0 Å². The number of carbonyl (C=O) groups is 5. The summed E-state index contributed by atoms with van der Waals surface area (Å²) < 4.78 is 11.0. The molecule has 2 aromatic rings. The number of ether oxygens (including phenoxy) is 2. The summed E-state index contributed by atoms with van der Waals surface area (Å²) in [5, 5.41) is 8.23. The predicted octanol–water partition coefficient (Wildman–Crippen LogP) is 5.57. The minimum Gasteiger partial charge on any atom is -0.466 e. The zero-order valence-corrected chi connectivity index (χ0v) is 34.1. The summed E-state index contributed by atoms with van der Waals surface area (Å²) in [6.45, 7) is 15.8. The molecule has 2 heterocycles. The Morgan fingerprint density at radius 3 is 2.28 bits per heavy atom. The molecule has 0 aliphatic carbocycles. The first-order chi connectivity index (χ1) is 25.0. The Kier molecular flexibility index (Phi) is 16.4. The fourth-order valence-electron chi connectivity index (χ4n) is 6.94. The van der Waals surface area contributed by atoms with Crippen LogP contribution in [-0.4, -0.2) is 95.4 Å². The van der Waals surface area contributed by atoms with E-state index in [1.54, 1.807) is 31.2 Å². The first kappa shape index (κ1) is 43.6. The molecule has 1 saturated heterocycles. The molecule has 0 unspecified atom stereocenters. The van der Waals surface area contributed by atoms with Crippen LogP contribution in [0.2, 0.25) is 0 Å². The highest BCUT2D eigenvalue weighted by Gasteiger charge is 2.44. The van der Waals surface area contributed by atoms with Gasteiger partial charge in [-0.2, -0.15) is 0 Å². The normalized spacial score (nSPS) is 19.4. The van der Waals surface area contributed by atoms with Crippen molar-refractivity contribution in [3.8, 4) is 0 Å². The molecule has 2 N–H and O–H groups in total. The number of aromatic nitrogens is 1. The quantitative estimate of drug-likeness (QED) is 0.176. The van der Waals surface area contributed by atoms with Crippen LogP contribution in [0.1, 0.15) is 115 Å². The van der Waals surface area contributed by atoms with Gasteiger partial charge in [-0.05, 0) is 70.5 Å². The van der Waals surface area contributed by atoms with E-state index in [-0.39, 0.29) is 60.4 Å². The summed E-state index contributed by atoms with van der Waals surface area (Å²) in [6.07, 6.45) is 2.62.